The van der Waals surface area contributed by atoms with Gasteiger partial charge in [-0.3, -0.25) is 18.6 Å². The van der Waals surface area contributed by atoms with Crippen LogP contribution in [0.1, 0.15) is 104 Å². The predicted molar refractivity (Wildman–Crippen MR) is 224 cm³/mol. The third-order valence-electron chi connectivity index (χ3n) is 7.52. The van der Waals surface area contributed by atoms with Crippen molar-refractivity contribution >= 4 is 19.8 Å². The number of unbranched alkanes of at least 4 members (excludes halogenated alkanes) is 8. The summed E-state index contributed by atoms with van der Waals surface area (Å²) in [5.41, 5.74) is 0. The van der Waals surface area contributed by atoms with Crippen LogP contribution in [0.25, 0.3) is 0 Å². The van der Waals surface area contributed by atoms with Gasteiger partial charge in [-0.05, 0) is 51.4 Å². The summed E-state index contributed by atoms with van der Waals surface area (Å²) < 4.78 is 34.1. The van der Waals surface area contributed by atoms with Gasteiger partial charge in [-0.2, -0.15) is 0 Å². The van der Waals surface area contributed by atoms with Gasteiger partial charge in [-0.15, -0.1) is 0 Å². The number of allylic oxidation sites excluding steroid dienone is 18. The van der Waals surface area contributed by atoms with Crippen LogP contribution in [0, 0.1) is 0 Å². The lowest BCUT2D eigenvalue weighted by Crippen LogP contribution is -2.37. The number of carbonyl (C=O) groups excluding carboxylic acids is 2. The van der Waals surface area contributed by atoms with Crippen molar-refractivity contribution in [1.82, 2.24) is 0 Å². The largest absolute Gasteiger partial charge is 0.472 e. The topological polar surface area (TPSA) is 108 Å². The minimum Gasteiger partial charge on any atom is -0.462 e. The zero-order valence-corrected chi connectivity index (χ0v) is 34.8. The number of nitrogens with zero attached hydrogens (tertiary/aromatic N) is 1. The van der Waals surface area contributed by atoms with Gasteiger partial charge < -0.3 is 18.9 Å². The summed E-state index contributed by atoms with van der Waals surface area (Å²) >= 11 is 0. The first-order valence-corrected chi connectivity index (χ1v) is 21.2. The Kier molecular flexibility index (Phi) is 33.2. The van der Waals surface area contributed by atoms with Crippen molar-refractivity contribution in [2.45, 2.75) is 110 Å². The Morgan fingerprint density at radius 1 is 0.574 bits per heavy atom. The Balaban J connectivity index is 4.58. The molecule has 0 aromatic rings. The molecule has 0 rings (SSSR count). The van der Waals surface area contributed by atoms with Crippen molar-refractivity contribution in [3.63, 3.8) is 0 Å². The van der Waals surface area contributed by atoms with Gasteiger partial charge in [0.15, 0.2) is 6.10 Å². The fourth-order valence-electron chi connectivity index (χ4n) is 4.45. The van der Waals surface area contributed by atoms with E-state index in [-0.39, 0.29) is 26.1 Å². The standard InChI is InChI=1S/C44H70NO8P/c1-6-8-10-12-14-16-18-20-21-22-23-25-26-28-30-32-34-36-43(46)50-40-42(41-52-54(48,49)51-39-38-45(3,4)5)53-44(47)37-35-33-31-29-27-24-19-17-15-13-11-9-7-2/h8-23,25-26,42H,6-7,24,27-41H2,1-5H3/p+1/b10-8+,11-9+,14-12+,15-13+,18-16+,19-17+,21-20+,23-22+,26-25+. The number of rotatable bonds is 33. The molecule has 0 amide bonds. The van der Waals surface area contributed by atoms with Crippen molar-refractivity contribution < 1.29 is 42.1 Å². The monoisotopic (exact) mass is 772 g/mol. The number of hydrogen-bond acceptors (Lipinski definition) is 7. The lowest BCUT2D eigenvalue weighted by molar-refractivity contribution is -0.870. The number of hydrogen-bond donors (Lipinski definition) is 1. The molecule has 0 aliphatic heterocycles. The average molecular weight is 773 g/mol. The molecule has 9 nitrogen and oxygen atoms in total. The van der Waals surface area contributed by atoms with Gasteiger partial charge in [0, 0.05) is 12.8 Å². The number of carbonyl (C=O) groups is 2. The second kappa shape index (κ2) is 35.4. The van der Waals surface area contributed by atoms with Crippen LogP contribution in [0.2, 0.25) is 0 Å². The van der Waals surface area contributed by atoms with Crippen LogP contribution in [0.15, 0.2) is 109 Å². The summed E-state index contributed by atoms with van der Waals surface area (Å²) in [6, 6.07) is 0. The van der Waals surface area contributed by atoms with E-state index in [1.165, 1.54) is 0 Å². The minimum atomic E-state index is -4.40. The summed E-state index contributed by atoms with van der Waals surface area (Å²) in [6.07, 6.45) is 47.1. The highest BCUT2D eigenvalue weighted by atomic mass is 31.2. The fraction of sp³-hybridized carbons (Fsp3) is 0.545. The van der Waals surface area contributed by atoms with E-state index < -0.39 is 32.5 Å². The molecule has 0 aromatic heterocycles. The maximum Gasteiger partial charge on any atom is 0.472 e. The minimum absolute atomic E-state index is 0.0122. The van der Waals surface area contributed by atoms with Crippen LogP contribution in [-0.4, -0.2) is 74.9 Å². The summed E-state index contributed by atoms with van der Waals surface area (Å²) in [4.78, 5) is 35.2. The zero-order chi connectivity index (χ0) is 40.0. The van der Waals surface area contributed by atoms with Crippen molar-refractivity contribution in [1.29, 1.82) is 0 Å². The van der Waals surface area contributed by atoms with Crippen molar-refractivity contribution in [3.8, 4) is 0 Å². The maximum absolute atomic E-state index is 12.6. The van der Waals surface area contributed by atoms with Gasteiger partial charge in [0.25, 0.3) is 0 Å². The summed E-state index contributed by atoms with van der Waals surface area (Å²) in [5, 5.41) is 0. The Hall–Kier alpha value is -3.33. The molecule has 0 heterocycles. The van der Waals surface area contributed by atoms with Crippen LogP contribution in [-0.2, 0) is 32.7 Å². The molecular weight excluding hydrogens is 701 g/mol. The normalized spacial score (nSPS) is 14.9. The molecule has 0 saturated heterocycles. The van der Waals surface area contributed by atoms with E-state index in [1.807, 2.05) is 100 Å². The molecule has 0 aliphatic rings. The maximum atomic E-state index is 12.6. The van der Waals surface area contributed by atoms with Crippen LogP contribution in [0.5, 0.6) is 0 Å². The first-order chi connectivity index (χ1) is 26.0. The Morgan fingerprint density at radius 3 is 1.50 bits per heavy atom. The highest BCUT2D eigenvalue weighted by molar-refractivity contribution is 7.47. The van der Waals surface area contributed by atoms with Crippen molar-refractivity contribution in [3.05, 3.63) is 109 Å². The number of likely N-dealkylation sites (N-methyl/N-ethyl adjacent to an activating group) is 1. The van der Waals surface area contributed by atoms with E-state index in [2.05, 4.69) is 44.2 Å². The van der Waals surface area contributed by atoms with Gasteiger partial charge in [-0.25, -0.2) is 4.57 Å². The van der Waals surface area contributed by atoms with Gasteiger partial charge in [0.1, 0.15) is 19.8 Å². The Labute approximate surface area is 327 Å². The van der Waals surface area contributed by atoms with Crippen molar-refractivity contribution in [2.75, 3.05) is 47.5 Å². The first-order valence-electron chi connectivity index (χ1n) is 19.7. The number of ether oxygens (including phenoxy) is 2. The molecule has 2 atom stereocenters. The number of esters is 2. The number of phosphoric ester groups is 1. The smallest absolute Gasteiger partial charge is 0.462 e. The zero-order valence-electron chi connectivity index (χ0n) is 33.9. The molecule has 304 valence electrons. The highest BCUT2D eigenvalue weighted by Gasteiger charge is 2.27. The first kappa shape index (κ1) is 50.7. The van der Waals surface area contributed by atoms with E-state index in [9.17, 15) is 19.0 Å². The molecule has 0 radical (unpaired) electrons. The lowest BCUT2D eigenvalue weighted by Gasteiger charge is -2.24. The van der Waals surface area contributed by atoms with Crippen LogP contribution >= 0.6 is 7.82 Å². The van der Waals surface area contributed by atoms with E-state index in [0.717, 1.165) is 64.2 Å². The van der Waals surface area contributed by atoms with Gasteiger partial charge in [0.05, 0.1) is 27.7 Å². The van der Waals surface area contributed by atoms with E-state index >= 15 is 0 Å². The van der Waals surface area contributed by atoms with Gasteiger partial charge in [0.2, 0.25) is 0 Å². The number of quaternary nitrogens is 1. The van der Waals surface area contributed by atoms with Crippen molar-refractivity contribution in [2.24, 2.45) is 0 Å². The summed E-state index contributed by atoms with van der Waals surface area (Å²) in [7, 11) is 1.41. The highest BCUT2D eigenvalue weighted by Crippen LogP contribution is 2.43. The summed E-state index contributed by atoms with van der Waals surface area (Å²) in [6.45, 7) is 4.01. The van der Waals surface area contributed by atoms with E-state index in [0.29, 0.717) is 23.9 Å². The molecule has 2 unspecified atom stereocenters. The third kappa shape index (κ3) is 38.4. The molecule has 0 aromatic carbocycles. The predicted octanol–water partition coefficient (Wildman–Crippen LogP) is 10.8. The second-order valence-electron chi connectivity index (χ2n) is 13.8. The Morgan fingerprint density at radius 2 is 1.00 bits per heavy atom. The molecule has 0 fully saturated rings. The lowest BCUT2D eigenvalue weighted by atomic mass is 10.1. The molecule has 0 bridgehead atoms. The molecule has 1 N–H and O–H groups in total. The fourth-order valence-corrected chi connectivity index (χ4v) is 5.20. The van der Waals surface area contributed by atoms with Crippen LogP contribution in [0.4, 0.5) is 0 Å². The van der Waals surface area contributed by atoms with Gasteiger partial charge in [-0.1, -0.05) is 149 Å². The molecule has 10 heteroatoms. The number of phosphoric acid groups is 1. The van der Waals surface area contributed by atoms with Gasteiger partial charge >= 0.3 is 19.8 Å². The summed E-state index contributed by atoms with van der Waals surface area (Å²) in [5.74, 6) is -0.890. The molecular formula is C44H71NO8P+. The van der Waals surface area contributed by atoms with Crippen LogP contribution in [0.3, 0.4) is 0 Å². The molecule has 54 heavy (non-hydrogen) atoms. The van der Waals surface area contributed by atoms with Crippen LogP contribution < -0.4 is 0 Å². The molecule has 0 aliphatic carbocycles. The second-order valence-corrected chi connectivity index (χ2v) is 15.2. The van der Waals surface area contributed by atoms with E-state index in [1.54, 1.807) is 0 Å². The van der Waals surface area contributed by atoms with E-state index in [4.69, 9.17) is 18.5 Å². The Bertz CT molecular complexity index is 1280. The average Bonchev–Trinajstić information content (AvgIpc) is 3.12. The SMILES string of the molecule is CC/C=C/C=C/C=C/C=C/C=C/C=C/CCCCCC(=O)OCC(COP(=O)(O)OCC[N+](C)(C)C)OC(=O)CCCCCCC/C=C/C=C/C=C/CC. The third-order valence-corrected chi connectivity index (χ3v) is 8.51. The molecule has 0 spiro atoms. The molecule has 0 saturated carbocycles. The quantitative estimate of drug-likeness (QED) is 0.0231.